The third-order valence-corrected chi connectivity index (χ3v) is 3.82. The van der Waals surface area contributed by atoms with Crippen molar-refractivity contribution in [1.29, 1.82) is 0 Å². The summed E-state index contributed by atoms with van der Waals surface area (Å²) in [5.41, 5.74) is 1.24. The van der Waals surface area contributed by atoms with Gasteiger partial charge in [-0.3, -0.25) is 29.0 Å². The molecule has 174 valence electrons. The van der Waals surface area contributed by atoms with Crippen LogP contribution in [0, 0.1) is 0 Å². The fourth-order valence-electron chi connectivity index (χ4n) is 2.39. The van der Waals surface area contributed by atoms with Crippen LogP contribution < -0.4 is 4.89 Å². The van der Waals surface area contributed by atoms with Gasteiger partial charge < -0.3 is 25.3 Å². The Labute approximate surface area is 178 Å². The average Bonchev–Trinajstić information content (AvgIpc) is 2.64. The third-order valence-electron chi connectivity index (χ3n) is 3.82. The van der Waals surface area contributed by atoms with E-state index in [1.807, 2.05) is 12.1 Å². The van der Waals surface area contributed by atoms with Gasteiger partial charge >= 0.3 is 23.9 Å². The second-order valence-electron chi connectivity index (χ2n) is 6.81. The van der Waals surface area contributed by atoms with E-state index in [-0.39, 0.29) is 13.1 Å². The molecule has 0 fully saturated rings. The molecule has 12 heteroatoms. The Hall–Kier alpha value is -3.22. The zero-order valence-electron chi connectivity index (χ0n) is 17.3. The normalized spacial score (nSPS) is 10.5. The Morgan fingerprint density at radius 1 is 0.742 bits per heavy atom. The van der Waals surface area contributed by atoms with E-state index in [4.69, 9.17) is 25.7 Å². The number of carbonyl (C=O) groups is 4. The van der Waals surface area contributed by atoms with E-state index >= 15 is 0 Å². The summed E-state index contributed by atoms with van der Waals surface area (Å²) in [5, 5.41) is 42.7. The third kappa shape index (κ3) is 14.4. The lowest BCUT2D eigenvalue weighted by Gasteiger charge is -2.23. The zero-order chi connectivity index (χ0) is 24.0. The van der Waals surface area contributed by atoms with Crippen LogP contribution in [0.5, 0.6) is 5.75 Å². The highest BCUT2D eigenvalue weighted by Gasteiger charge is 2.18. The van der Waals surface area contributed by atoms with Crippen LogP contribution in [-0.2, 0) is 19.2 Å². The summed E-state index contributed by atoms with van der Waals surface area (Å²) in [6, 6.07) is 7.37. The van der Waals surface area contributed by atoms with Crippen molar-refractivity contribution in [3.8, 4) is 5.75 Å². The van der Waals surface area contributed by atoms with Crippen molar-refractivity contribution in [1.82, 2.24) is 9.80 Å². The Balaban J connectivity index is 0.000000683. The largest absolute Gasteiger partial charge is 0.480 e. The monoisotopic (exact) mass is 444 g/mol. The molecule has 1 aromatic carbocycles. The summed E-state index contributed by atoms with van der Waals surface area (Å²) < 4.78 is 0. The van der Waals surface area contributed by atoms with Gasteiger partial charge in [-0.1, -0.05) is 26.0 Å². The molecule has 0 aliphatic heterocycles. The van der Waals surface area contributed by atoms with Crippen LogP contribution in [0.3, 0.4) is 0 Å². The highest BCUT2D eigenvalue weighted by atomic mass is 17.1. The van der Waals surface area contributed by atoms with E-state index < -0.39 is 50.1 Å². The van der Waals surface area contributed by atoms with Crippen LogP contribution in [0.2, 0.25) is 0 Å². The van der Waals surface area contributed by atoms with Crippen molar-refractivity contribution in [2.24, 2.45) is 0 Å². The lowest BCUT2D eigenvalue weighted by Crippen LogP contribution is -2.43. The maximum absolute atomic E-state index is 10.6. The predicted molar refractivity (Wildman–Crippen MR) is 107 cm³/mol. The highest BCUT2D eigenvalue weighted by molar-refractivity contribution is 5.73. The zero-order valence-corrected chi connectivity index (χ0v) is 17.3. The smallest absolute Gasteiger partial charge is 0.317 e. The topological polar surface area (TPSA) is 185 Å². The van der Waals surface area contributed by atoms with Crippen LogP contribution in [0.1, 0.15) is 25.3 Å². The summed E-state index contributed by atoms with van der Waals surface area (Å²) in [7, 11) is 0. The number of carboxylic acid groups (broad SMARTS) is 4. The van der Waals surface area contributed by atoms with E-state index in [0.717, 1.165) is 9.80 Å². The molecule has 0 amide bonds. The van der Waals surface area contributed by atoms with Crippen LogP contribution in [0.15, 0.2) is 24.3 Å². The van der Waals surface area contributed by atoms with Crippen LogP contribution >= 0.6 is 0 Å². The molecular formula is C19H28N2O10. The Morgan fingerprint density at radius 2 is 1.06 bits per heavy atom. The van der Waals surface area contributed by atoms with Crippen molar-refractivity contribution in [2.75, 3.05) is 39.3 Å². The van der Waals surface area contributed by atoms with Crippen molar-refractivity contribution in [2.45, 2.75) is 19.8 Å². The number of carboxylic acids is 4. The van der Waals surface area contributed by atoms with Gasteiger partial charge in [0.1, 0.15) is 0 Å². The number of aliphatic carboxylic acids is 4. The molecule has 0 saturated carbocycles. The second kappa shape index (κ2) is 14.7. The first-order valence-corrected chi connectivity index (χ1v) is 9.17. The highest BCUT2D eigenvalue weighted by Crippen LogP contribution is 2.17. The minimum absolute atomic E-state index is 0.0703. The molecular weight excluding hydrogens is 416 g/mol. The molecule has 5 N–H and O–H groups in total. The van der Waals surface area contributed by atoms with Gasteiger partial charge in [-0.2, -0.15) is 0 Å². The number of rotatable bonds is 13. The molecule has 0 spiro atoms. The van der Waals surface area contributed by atoms with Gasteiger partial charge in [-0.15, -0.1) is 0 Å². The Kier molecular flexibility index (Phi) is 13.2. The molecule has 0 atom stereocenters. The fraction of sp³-hybridized carbons (Fsp3) is 0.474. The van der Waals surface area contributed by atoms with Crippen molar-refractivity contribution < 1.29 is 49.7 Å². The van der Waals surface area contributed by atoms with E-state index in [1.165, 1.54) is 5.56 Å². The first-order chi connectivity index (χ1) is 14.4. The molecule has 0 unspecified atom stereocenters. The minimum Gasteiger partial charge on any atom is -0.480 e. The molecule has 0 aliphatic rings. The van der Waals surface area contributed by atoms with Gasteiger partial charge in [-0.05, 0) is 23.6 Å². The SMILES string of the molecule is CC(C)c1ccc(OO)cc1.O=C(O)CN(CCN(CC(=O)O)CC(=O)O)CC(=O)O. The predicted octanol–water partition coefficient (Wildman–Crippen LogP) is 0.591. The minimum atomic E-state index is -1.23. The summed E-state index contributed by atoms with van der Waals surface area (Å²) in [4.78, 5) is 48.4. The lowest BCUT2D eigenvalue weighted by atomic mass is 10.0. The van der Waals surface area contributed by atoms with E-state index in [2.05, 4.69) is 18.7 Å². The van der Waals surface area contributed by atoms with Crippen molar-refractivity contribution in [3.63, 3.8) is 0 Å². The summed E-state index contributed by atoms with van der Waals surface area (Å²) in [6.45, 7) is 1.99. The van der Waals surface area contributed by atoms with Crippen molar-refractivity contribution in [3.05, 3.63) is 29.8 Å². The van der Waals surface area contributed by atoms with Crippen LogP contribution in [0.4, 0.5) is 0 Å². The van der Waals surface area contributed by atoms with Gasteiger partial charge in [0.05, 0.1) is 26.2 Å². The lowest BCUT2D eigenvalue weighted by molar-refractivity contribution is -0.145. The van der Waals surface area contributed by atoms with Gasteiger partial charge in [0, 0.05) is 13.1 Å². The molecule has 0 aromatic heterocycles. The van der Waals surface area contributed by atoms with Gasteiger partial charge in [0.2, 0.25) is 0 Å². The maximum atomic E-state index is 10.6. The van der Waals surface area contributed by atoms with E-state index in [0.29, 0.717) is 11.7 Å². The molecule has 1 rings (SSSR count). The molecule has 0 radical (unpaired) electrons. The molecule has 0 bridgehead atoms. The molecule has 0 saturated heterocycles. The maximum Gasteiger partial charge on any atom is 0.317 e. The number of hydrogen-bond acceptors (Lipinski definition) is 8. The van der Waals surface area contributed by atoms with E-state index in [1.54, 1.807) is 12.1 Å². The van der Waals surface area contributed by atoms with Crippen LogP contribution in [-0.4, -0.2) is 98.6 Å². The first-order valence-electron chi connectivity index (χ1n) is 9.17. The Bertz CT molecular complexity index is 653. The van der Waals surface area contributed by atoms with Crippen molar-refractivity contribution >= 4 is 23.9 Å². The summed E-state index contributed by atoms with van der Waals surface area (Å²) in [5.74, 6) is -3.91. The summed E-state index contributed by atoms with van der Waals surface area (Å²) in [6.07, 6.45) is 0. The van der Waals surface area contributed by atoms with Crippen LogP contribution in [0.25, 0.3) is 0 Å². The molecule has 0 heterocycles. The molecule has 31 heavy (non-hydrogen) atoms. The standard InChI is InChI=1S/C10H16N2O8.C9H12O2/c13-7(14)3-11(4-8(15)16)1-2-12(5-9(17)18)6-10(19)20;1-7(2)8-3-5-9(11-10)6-4-8/h1-6H2,(H,13,14)(H,15,16)(H,17,18)(H,19,20);3-7,10H,1-2H3. The number of hydrogen-bond donors (Lipinski definition) is 5. The second-order valence-corrected chi connectivity index (χ2v) is 6.81. The van der Waals surface area contributed by atoms with E-state index in [9.17, 15) is 19.2 Å². The number of benzene rings is 1. The van der Waals surface area contributed by atoms with Gasteiger partial charge in [-0.25, -0.2) is 5.26 Å². The van der Waals surface area contributed by atoms with Gasteiger partial charge in [0.15, 0.2) is 5.75 Å². The average molecular weight is 444 g/mol. The fourth-order valence-corrected chi connectivity index (χ4v) is 2.39. The van der Waals surface area contributed by atoms with Gasteiger partial charge in [0.25, 0.3) is 0 Å². The molecule has 1 aromatic rings. The molecule has 0 aliphatic carbocycles. The molecule has 12 nitrogen and oxygen atoms in total. The first kappa shape index (κ1) is 27.8. The summed E-state index contributed by atoms with van der Waals surface area (Å²) >= 11 is 0. The Morgan fingerprint density at radius 3 is 1.29 bits per heavy atom. The number of nitrogens with zero attached hydrogens (tertiary/aromatic N) is 2. The quantitative estimate of drug-likeness (QED) is 0.211.